The Morgan fingerprint density at radius 3 is 2.55 bits per heavy atom. The van der Waals surface area contributed by atoms with Crippen LogP contribution in [0.1, 0.15) is 47.4 Å². The van der Waals surface area contributed by atoms with Gasteiger partial charge in [-0.2, -0.15) is 18.2 Å². The van der Waals surface area contributed by atoms with E-state index < -0.39 is 18.8 Å². The number of carboxylic acid groups (broad SMARTS) is 1. The second-order valence-electron chi connectivity index (χ2n) is 9.20. The molecule has 0 aromatic carbocycles. The van der Waals surface area contributed by atoms with Gasteiger partial charge in [0.2, 0.25) is 11.5 Å². The highest BCUT2D eigenvalue weighted by molar-refractivity contribution is 5.95. The normalized spacial score (nSPS) is 15.8. The number of furan rings is 1. The average molecular weight is 539 g/mol. The summed E-state index contributed by atoms with van der Waals surface area (Å²) in [5.41, 5.74) is 2.06. The third kappa shape index (κ3) is 6.08. The molecule has 0 bridgehead atoms. The second-order valence-corrected chi connectivity index (χ2v) is 9.20. The molecule has 11 nitrogen and oxygen atoms in total. The summed E-state index contributed by atoms with van der Waals surface area (Å²) in [7, 11) is 0. The second kappa shape index (κ2) is 10.4. The van der Waals surface area contributed by atoms with Crippen LogP contribution in [-0.4, -0.2) is 73.3 Å². The smallest absolute Gasteiger partial charge is 0.475 e. The summed E-state index contributed by atoms with van der Waals surface area (Å²) in [6.45, 7) is 4.48. The summed E-state index contributed by atoms with van der Waals surface area (Å²) in [5, 5.41) is 14.3. The van der Waals surface area contributed by atoms with Crippen molar-refractivity contribution < 1.29 is 36.7 Å². The number of nitrogens with one attached hydrogen (secondary N) is 2. The maximum atomic E-state index is 13.3. The topological polar surface area (TPSA) is 146 Å². The number of carboxylic acids is 1. The van der Waals surface area contributed by atoms with Gasteiger partial charge >= 0.3 is 12.1 Å². The summed E-state index contributed by atoms with van der Waals surface area (Å²) in [6.07, 6.45) is -0.971. The van der Waals surface area contributed by atoms with Crippen molar-refractivity contribution in [2.45, 2.75) is 51.4 Å². The molecule has 5 rings (SSSR count). The minimum Gasteiger partial charge on any atom is -0.475 e. The molecular formula is C23H25F4N7O4. The van der Waals surface area contributed by atoms with E-state index in [-0.39, 0.29) is 23.8 Å². The molecule has 0 atom stereocenters. The van der Waals surface area contributed by atoms with Gasteiger partial charge in [0.15, 0.2) is 0 Å². The van der Waals surface area contributed by atoms with Crippen molar-refractivity contribution in [3.8, 4) is 0 Å². The SMILES string of the molecule is Cc1cc2c(NC3(C)CC3)nc(C(=O)N3CCc4c(ncnc4NCCF)C3)nc2o1.O=C(O)C(F)(F)F. The van der Waals surface area contributed by atoms with Gasteiger partial charge in [0.05, 0.1) is 17.6 Å². The fourth-order valence-corrected chi connectivity index (χ4v) is 3.82. The van der Waals surface area contributed by atoms with Crippen molar-refractivity contribution in [3.63, 3.8) is 0 Å². The molecule has 1 saturated carbocycles. The Morgan fingerprint density at radius 2 is 1.92 bits per heavy atom. The fourth-order valence-electron chi connectivity index (χ4n) is 3.82. The zero-order valence-corrected chi connectivity index (χ0v) is 20.5. The number of amides is 1. The van der Waals surface area contributed by atoms with E-state index in [4.69, 9.17) is 14.3 Å². The van der Waals surface area contributed by atoms with Gasteiger partial charge in [0.25, 0.3) is 5.91 Å². The van der Waals surface area contributed by atoms with Crippen molar-refractivity contribution in [2.24, 2.45) is 0 Å². The number of halogens is 4. The van der Waals surface area contributed by atoms with Gasteiger partial charge in [-0.05, 0) is 39.2 Å². The zero-order valence-electron chi connectivity index (χ0n) is 20.5. The minimum atomic E-state index is -5.08. The Bertz CT molecular complexity index is 1360. The predicted octanol–water partition coefficient (Wildman–Crippen LogP) is 3.50. The zero-order chi connectivity index (χ0) is 27.7. The molecule has 2 aliphatic rings. The van der Waals surface area contributed by atoms with E-state index in [1.165, 1.54) is 6.33 Å². The van der Waals surface area contributed by atoms with Crippen molar-refractivity contribution in [3.05, 3.63) is 35.2 Å². The standard InChI is InChI=1S/C21H24FN7O2.C2HF3O2/c1-12-9-14-17(28-21(2)4-5-21)26-18(27-19(14)31-12)20(30)29-8-3-13-15(10-29)24-11-25-16(13)23-7-6-22;3-2(4,5)1(6)7/h9,11H,3-8,10H2,1-2H3,(H,23,24,25)(H,26,27,28);(H,6,7). The van der Waals surface area contributed by atoms with Gasteiger partial charge in [-0.15, -0.1) is 0 Å². The van der Waals surface area contributed by atoms with Gasteiger partial charge in [-0.1, -0.05) is 0 Å². The lowest BCUT2D eigenvalue weighted by Gasteiger charge is -2.28. The molecule has 4 heterocycles. The van der Waals surface area contributed by atoms with Gasteiger partial charge < -0.3 is 25.1 Å². The lowest BCUT2D eigenvalue weighted by molar-refractivity contribution is -0.192. The first kappa shape index (κ1) is 27.0. The van der Waals surface area contributed by atoms with E-state index in [9.17, 15) is 22.4 Å². The van der Waals surface area contributed by atoms with E-state index in [2.05, 4.69) is 37.5 Å². The number of aliphatic carboxylic acids is 1. The number of rotatable bonds is 6. The van der Waals surface area contributed by atoms with Crippen LogP contribution in [0.25, 0.3) is 11.1 Å². The lowest BCUT2D eigenvalue weighted by atomic mass is 10.1. The van der Waals surface area contributed by atoms with Crippen molar-refractivity contribution in [1.29, 1.82) is 0 Å². The van der Waals surface area contributed by atoms with E-state index in [0.29, 0.717) is 36.9 Å². The number of fused-ring (bicyclic) bond motifs is 2. The van der Waals surface area contributed by atoms with Crippen molar-refractivity contribution in [1.82, 2.24) is 24.8 Å². The monoisotopic (exact) mass is 539 g/mol. The van der Waals surface area contributed by atoms with Crippen LogP contribution in [0.5, 0.6) is 0 Å². The number of carbonyl (C=O) groups is 2. The van der Waals surface area contributed by atoms with Crippen LogP contribution in [0.15, 0.2) is 16.8 Å². The van der Waals surface area contributed by atoms with Crippen molar-refractivity contribution in [2.75, 3.05) is 30.4 Å². The Labute approximate surface area is 213 Å². The Morgan fingerprint density at radius 1 is 1.21 bits per heavy atom. The minimum absolute atomic E-state index is 0.00320. The highest BCUT2D eigenvalue weighted by Crippen LogP contribution is 2.39. The summed E-state index contributed by atoms with van der Waals surface area (Å²) in [6, 6.07) is 1.89. The molecule has 3 aromatic rings. The van der Waals surface area contributed by atoms with E-state index in [0.717, 1.165) is 35.2 Å². The van der Waals surface area contributed by atoms with Crippen LogP contribution in [0, 0.1) is 6.92 Å². The quantitative estimate of drug-likeness (QED) is 0.398. The van der Waals surface area contributed by atoms with E-state index in [1.807, 2.05) is 13.0 Å². The number of nitrogens with zero attached hydrogens (tertiary/aromatic N) is 5. The predicted molar refractivity (Wildman–Crippen MR) is 126 cm³/mol. The van der Waals surface area contributed by atoms with Crippen LogP contribution in [0.2, 0.25) is 0 Å². The highest BCUT2D eigenvalue weighted by Gasteiger charge is 2.39. The highest BCUT2D eigenvalue weighted by atomic mass is 19.4. The molecule has 1 aliphatic heterocycles. The first-order valence-corrected chi connectivity index (χ1v) is 11.7. The molecule has 15 heteroatoms. The number of alkyl halides is 4. The lowest BCUT2D eigenvalue weighted by Crippen LogP contribution is -2.38. The number of hydrogen-bond donors (Lipinski definition) is 3. The molecule has 0 radical (unpaired) electrons. The van der Waals surface area contributed by atoms with Crippen LogP contribution in [0.3, 0.4) is 0 Å². The summed E-state index contributed by atoms with van der Waals surface area (Å²) in [4.78, 5) is 41.4. The third-order valence-electron chi connectivity index (χ3n) is 6.05. The molecule has 1 amide bonds. The number of carbonyl (C=O) groups excluding carboxylic acids is 1. The largest absolute Gasteiger partial charge is 0.490 e. The first-order valence-electron chi connectivity index (χ1n) is 11.7. The summed E-state index contributed by atoms with van der Waals surface area (Å²) >= 11 is 0. The molecule has 1 fully saturated rings. The third-order valence-corrected chi connectivity index (χ3v) is 6.05. The molecule has 0 spiro atoms. The number of hydrogen-bond acceptors (Lipinski definition) is 9. The van der Waals surface area contributed by atoms with E-state index >= 15 is 0 Å². The molecule has 0 unspecified atom stereocenters. The molecule has 38 heavy (non-hydrogen) atoms. The Hall–Kier alpha value is -4.04. The first-order chi connectivity index (χ1) is 17.9. The average Bonchev–Trinajstić information content (AvgIpc) is 3.46. The molecule has 204 valence electrons. The van der Waals surface area contributed by atoms with Crippen LogP contribution < -0.4 is 10.6 Å². The van der Waals surface area contributed by atoms with Crippen LogP contribution >= 0.6 is 0 Å². The summed E-state index contributed by atoms with van der Waals surface area (Å²) in [5.74, 6) is -0.961. The van der Waals surface area contributed by atoms with Gasteiger partial charge in [0.1, 0.15) is 30.4 Å². The molecular weight excluding hydrogens is 514 g/mol. The molecule has 0 saturated heterocycles. The maximum Gasteiger partial charge on any atom is 0.490 e. The van der Waals surface area contributed by atoms with Crippen molar-refractivity contribution >= 4 is 34.6 Å². The van der Waals surface area contributed by atoms with Gasteiger partial charge in [-0.3, -0.25) is 4.79 Å². The number of aryl methyl sites for hydroxylation is 1. The van der Waals surface area contributed by atoms with Crippen LogP contribution in [0.4, 0.5) is 29.2 Å². The summed E-state index contributed by atoms with van der Waals surface area (Å²) < 4.78 is 50.0. The molecule has 3 N–H and O–H groups in total. The maximum absolute atomic E-state index is 13.3. The van der Waals surface area contributed by atoms with Crippen LogP contribution in [-0.2, 0) is 17.8 Å². The number of anilines is 2. The Kier molecular flexibility index (Phi) is 7.37. The molecule has 1 aliphatic carbocycles. The fraction of sp³-hybridized carbons (Fsp3) is 0.478. The van der Waals surface area contributed by atoms with E-state index in [1.54, 1.807) is 4.90 Å². The Balaban J connectivity index is 0.000000426. The number of aromatic nitrogens is 4. The van der Waals surface area contributed by atoms with Gasteiger partial charge in [-0.25, -0.2) is 24.1 Å². The van der Waals surface area contributed by atoms with Gasteiger partial charge in [0, 0.05) is 24.2 Å². The molecule has 3 aromatic heterocycles.